The summed E-state index contributed by atoms with van der Waals surface area (Å²) in [6.07, 6.45) is 6.19. The number of ether oxygens (including phenoxy) is 1. The van der Waals surface area contributed by atoms with Crippen LogP contribution in [0.4, 0.5) is 0 Å². The van der Waals surface area contributed by atoms with Gasteiger partial charge in [-0.05, 0) is 54.3 Å². The van der Waals surface area contributed by atoms with Crippen LogP contribution in [0.2, 0.25) is 0 Å². The van der Waals surface area contributed by atoms with Crippen molar-refractivity contribution in [1.29, 1.82) is 0 Å². The average molecular weight is 382 g/mol. The van der Waals surface area contributed by atoms with E-state index in [1.807, 2.05) is 48.5 Å². The molecule has 0 saturated carbocycles. The molecule has 2 aromatic carbocycles. The van der Waals surface area contributed by atoms with Crippen LogP contribution in [0.15, 0.2) is 54.6 Å². The topological polar surface area (TPSA) is 67.0 Å². The molecule has 5 nitrogen and oxygen atoms in total. The summed E-state index contributed by atoms with van der Waals surface area (Å²) in [5.41, 5.74) is 2.79. The van der Waals surface area contributed by atoms with Crippen LogP contribution in [0.5, 0.6) is 5.75 Å². The van der Waals surface area contributed by atoms with Gasteiger partial charge >= 0.3 is 0 Å². The van der Waals surface area contributed by atoms with Gasteiger partial charge in [0, 0.05) is 6.08 Å². The number of benzene rings is 2. The highest BCUT2D eigenvalue weighted by Crippen LogP contribution is 2.20. The van der Waals surface area contributed by atoms with Gasteiger partial charge < -0.3 is 15.0 Å². The van der Waals surface area contributed by atoms with Crippen LogP contribution in [-0.2, 0) is 4.79 Å². The minimum atomic E-state index is -0.160. The highest BCUT2D eigenvalue weighted by Gasteiger charge is 2.17. The fraction of sp³-hybridized carbons (Fsp3) is 0.238. The van der Waals surface area contributed by atoms with E-state index in [1.165, 1.54) is 0 Å². The minimum Gasteiger partial charge on any atom is -0.497 e. The largest absolute Gasteiger partial charge is 0.497 e. The Morgan fingerprint density at radius 2 is 2.15 bits per heavy atom. The average Bonchev–Trinajstić information content (AvgIpc) is 3.14. The van der Waals surface area contributed by atoms with Crippen molar-refractivity contribution in [2.75, 3.05) is 19.1 Å². The second kappa shape index (κ2) is 9.28. The molecule has 0 aliphatic heterocycles. The predicted octanol–water partition coefficient (Wildman–Crippen LogP) is 4.20. The van der Waals surface area contributed by atoms with E-state index in [9.17, 15) is 4.79 Å². The number of carbonyl (C=O) groups excluding carboxylic acids is 1. The number of aromatic nitrogens is 2. The van der Waals surface area contributed by atoms with Gasteiger partial charge in [0.15, 0.2) is 0 Å². The number of carbonyl (C=O) groups is 1. The molecule has 6 heteroatoms. The minimum absolute atomic E-state index is 0.149. The third kappa shape index (κ3) is 5.14. The SMILES string of the molecule is COc1cccc(/C=C/C(=O)N[C@@H](CCSC)c2nc3ccccc3[nH]2)c1. The van der Waals surface area contributed by atoms with Gasteiger partial charge in [0.05, 0.1) is 24.2 Å². The van der Waals surface area contributed by atoms with Crippen molar-refractivity contribution in [2.24, 2.45) is 0 Å². The summed E-state index contributed by atoms with van der Waals surface area (Å²) in [5, 5.41) is 3.06. The van der Waals surface area contributed by atoms with Crippen molar-refractivity contribution in [3.63, 3.8) is 0 Å². The maximum Gasteiger partial charge on any atom is 0.244 e. The number of nitrogens with one attached hydrogen (secondary N) is 2. The molecule has 27 heavy (non-hydrogen) atoms. The number of para-hydroxylation sites is 2. The first-order valence-electron chi connectivity index (χ1n) is 8.76. The smallest absolute Gasteiger partial charge is 0.244 e. The molecule has 3 aromatic rings. The fourth-order valence-electron chi connectivity index (χ4n) is 2.79. The molecular formula is C21H23N3O2S. The number of amides is 1. The van der Waals surface area contributed by atoms with Crippen molar-refractivity contribution in [1.82, 2.24) is 15.3 Å². The predicted molar refractivity (Wildman–Crippen MR) is 112 cm³/mol. The van der Waals surface area contributed by atoms with E-state index in [2.05, 4.69) is 21.5 Å². The molecule has 0 bridgehead atoms. The van der Waals surface area contributed by atoms with E-state index in [0.717, 1.165) is 40.3 Å². The van der Waals surface area contributed by atoms with E-state index in [1.54, 1.807) is 31.0 Å². The van der Waals surface area contributed by atoms with Crippen LogP contribution in [0, 0.1) is 0 Å². The quantitative estimate of drug-likeness (QED) is 0.574. The molecule has 1 heterocycles. The molecule has 0 aliphatic carbocycles. The Kier molecular flexibility index (Phi) is 6.54. The van der Waals surface area contributed by atoms with Crippen molar-refractivity contribution < 1.29 is 9.53 Å². The van der Waals surface area contributed by atoms with E-state index >= 15 is 0 Å². The lowest BCUT2D eigenvalue weighted by Gasteiger charge is -2.15. The third-order valence-electron chi connectivity index (χ3n) is 4.19. The fourth-order valence-corrected chi connectivity index (χ4v) is 3.26. The maximum atomic E-state index is 12.5. The van der Waals surface area contributed by atoms with Crippen molar-refractivity contribution in [3.05, 3.63) is 66.0 Å². The van der Waals surface area contributed by atoms with Gasteiger partial charge in [-0.15, -0.1) is 0 Å². The van der Waals surface area contributed by atoms with Crippen molar-refractivity contribution in [2.45, 2.75) is 12.5 Å². The number of H-pyrrole nitrogens is 1. The molecule has 0 unspecified atom stereocenters. The summed E-state index contributed by atoms with van der Waals surface area (Å²) in [4.78, 5) is 20.4. The van der Waals surface area contributed by atoms with Gasteiger partial charge in [0.2, 0.25) is 5.91 Å². The van der Waals surface area contributed by atoms with Gasteiger partial charge in [0.1, 0.15) is 11.6 Å². The Labute approximate surface area is 163 Å². The van der Waals surface area contributed by atoms with Crippen molar-refractivity contribution in [3.8, 4) is 5.75 Å². The molecule has 3 rings (SSSR count). The molecule has 0 saturated heterocycles. The summed E-state index contributed by atoms with van der Waals surface area (Å²) in [6, 6.07) is 15.3. The number of aromatic amines is 1. The van der Waals surface area contributed by atoms with E-state index < -0.39 is 0 Å². The van der Waals surface area contributed by atoms with Crippen LogP contribution in [0.25, 0.3) is 17.1 Å². The molecule has 0 aliphatic rings. The highest BCUT2D eigenvalue weighted by atomic mass is 32.2. The summed E-state index contributed by atoms with van der Waals surface area (Å²) in [7, 11) is 1.62. The van der Waals surface area contributed by atoms with E-state index in [-0.39, 0.29) is 11.9 Å². The first-order chi connectivity index (χ1) is 13.2. The molecule has 0 fully saturated rings. The molecule has 1 atom stereocenters. The molecular weight excluding hydrogens is 358 g/mol. The van der Waals surface area contributed by atoms with E-state index in [4.69, 9.17) is 4.74 Å². The molecule has 0 radical (unpaired) electrons. The lowest BCUT2D eigenvalue weighted by atomic mass is 10.2. The maximum absolute atomic E-state index is 12.5. The number of nitrogens with zero attached hydrogens (tertiary/aromatic N) is 1. The molecule has 2 N–H and O–H groups in total. The first kappa shape index (κ1) is 19.0. The zero-order valence-corrected chi connectivity index (χ0v) is 16.3. The monoisotopic (exact) mass is 381 g/mol. The molecule has 1 amide bonds. The second-order valence-corrected chi connectivity index (χ2v) is 7.08. The standard InChI is InChI=1S/C21H23N3O2S/c1-26-16-7-5-6-15(14-16)10-11-20(25)22-19(12-13-27-2)21-23-17-8-3-4-9-18(17)24-21/h3-11,14,19H,12-13H2,1-2H3,(H,22,25)(H,23,24)/b11-10+/t19-/m0/s1. The van der Waals surface area contributed by atoms with Crippen LogP contribution in [0.1, 0.15) is 23.9 Å². The summed E-state index contributed by atoms with van der Waals surface area (Å²) in [6.45, 7) is 0. The zero-order chi connectivity index (χ0) is 19.1. The van der Waals surface area contributed by atoms with Gasteiger partial charge in [-0.25, -0.2) is 4.98 Å². The lowest BCUT2D eigenvalue weighted by Crippen LogP contribution is -2.28. The number of hydrogen-bond acceptors (Lipinski definition) is 4. The second-order valence-electron chi connectivity index (χ2n) is 6.09. The summed E-state index contributed by atoms with van der Waals surface area (Å²) < 4.78 is 5.21. The number of thioether (sulfide) groups is 1. The van der Waals surface area contributed by atoms with Gasteiger partial charge in [0.25, 0.3) is 0 Å². The number of methoxy groups -OCH3 is 1. The highest BCUT2D eigenvalue weighted by molar-refractivity contribution is 7.98. The number of hydrogen-bond donors (Lipinski definition) is 2. The van der Waals surface area contributed by atoms with Crippen LogP contribution in [-0.4, -0.2) is 35.0 Å². The van der Waals surface area contributed by atoms with Crippen LogP contribution >= 0.6 is 11.8 Å². The Morgan fingerprint density at radius 1 is 1.30 bits per heavy atom. The number of rotatable bonds is 8. The third-order valence-corrected chi connectivity index (χ3v) is 4.83. The molecule has 1 aromatic heterocycles. The Morgan fingerprint density at radius 3 is 2.93 bits per heavy atom. The Balaban J connectivity index is 1.73. The summed E-state index contributed by atoms with van der Waals surface area (Å²) >= 11 is 1.75. The summed E-state index contributed by atoms with van der Waals surface area (Å²) in [5.74, 6) is 2.33. The normalized spacial score (nSPS) is 12.4. The first-order valence-corrected chi connectivity index (χ1v) is 10.1. The van der Waals surface area contributed by atoms with Gasteiger partial charge in [-0.2, -0.15) is 11.8 Å². The number of imidazole rings is 1. The van der Waals surface area contributed by atoms with Gasteiger partial charge in [-0.1, -0.05) is 24.3 Å². The lowest BCUT2D eigenvalue weighted by molar-refractivity contribution is -0.117. The van der Waals surface area contributed by atoms with Gasteiger partial charge in [-0.3, -0.25) is 4.79 Å². The molecule has 140 valence electrons. The Bertz CT molecular complexity index is 903. The number of fused-ring (bicyclic) bond motifs is 1. The van der Waals surface area contributed by atoms with Crippen LogP contribution < -0.4 is 10.1 Å². The zero-order valence-electron chi connectivity index (χ0n) is 15.4. The molecule has 0 spiro atoms. The van der Waals surface area contributed by atoms with E-state index in [0.29, 0.717) is 0 Å². The Hall–Kier alpha value is -2.73. The van der Waals surface area contributed by atoms with Crippen LogP contribution in [0.3, 0.4) is 0 Å². The van der Waals surface area contributed by atoms with Crippen molar-refractivity contribution >= 4 is 34.8 Å².